The van der Waals surface area contributed by atoms with Crippen molar-refractivity contribution in [3.8, 4) is 5.75 Å². The van der Waals surface area contributed by atoms with Crippen LogP contribution in [-0.2, 0) is 19.6 Å². The third-order valence-electron chi connectivity index (χ3n) is 3.45. The van der Waals surface area contributed by atoms with Crippen molar-refractivity contribution in [3.05, 3.63) is 59.7 Å². The summed E-state index contributed by atoms with van der Waals surface area (Å²) in [7, 11) is -0.167. The molecule has 0 saturated heterocycles. The van der Waals surface area contributed by atoms with Gasteiger partial charge in [-0.05, 0) is 42.5 Å². The van der Waals surface area contributed by atoms with E-state index in [-0.39, 0.29) is 16.2 Å². The molecule has 9 heteroatoms. The second-order valence-electron chi connectivity index (χ2n) is 5.03. The zero-order valence-corrected chi connectivity index (χ0v) is 15.1. The fourth-order valence-corrected chi connectivity index (χ4v) is 2.99. The molecule has 0 N–H and O–H groups in total. The van der Waals surface area contributed by atoms with Crippen molar-refractivity contribution in [2.24, 2.45) is 0 Å². The van der Waals surface area contributed by atoms with Crippen LogP contribution in [0.15, 0.2) is 53.4 Å². The standard InChI is InChI=1S/C17H17NO7S/c1-18(24-3)26(21,22)15-6-4-5-13(11-15)17(20)25-14-9-7-12(8-10-14)16(19)23-2/h4-11H,1-3H3. The number of hydroxylamine groups is 1. The largest absolute Gasteiger partial charge is 0.465 e. The smallest absolute Gasteiger partial charge is 0.343 e. The highest BCUT2D eigenvalue weighted by Crippen LogP contribution is 2.19. The van der Waals surface area contributed by atoms with Gasteiger partial charge >= 0.3 is 11.9 Å². The average Bonchev–Trinajstić information content (AvgIpc) is 2.67. The van der Waals surface area contributed by atoms with E-state index in [1.165, 1.54) is 69.8 Å². The molecule has 0 bridgehead atoms. The Balaban J connectivity index is 2.20. The molecule has 0 radical (unpaired) electrons. The van der Waals surface area contributed by atoms with E-state index in [0.29, 0.717) is 10.0 Å². The summed E-state index contributed by atoms with van der Waals surface area (Å²) in [6.07, 6.45) is 0. The second-order valence-corrected chi connectivity index (χ2v) is 6.97. The molecule has 2 rings (SSSR count). The Morgan fingerprint density at radius 3 is 2.15 bits per heavy atom. The van der Waals surface area contributed by atoms with Gasteiger partial charge in [0.05, 0.1) is 30.2 Å². The number of methoxy groups -OCH3 is 1. The molecule has 0 atom stereocenters. The number of sulfonamides is 1. The van der Waals surface area contributed by atoms with Crippen LogP contribution in [0.5, 0.6) is 5.75 Å². The van der Waals surface area contributed by atoms with E-state index in [1.807, 2.05) is 0 Å². The van der Waals surface area contributed by atoms with Gasteiger partial charge in [-0.25, -0.2) is 18.0 Å². The lowest BCUT2D eigenvalue weighted by Crippen LogP contribution is -2.26. The molecule has 2 aromatic carbocycles. The van der Waals surface area contributed by atoms with Gasteiger partial charge in [0.15, 0.2) is 0 Å². The minimum Gasteiger partial charge on any atom is -0.465 e. The van der Waals surface area contributed by atoms with Crippen LogP contribution in [0.4, 0.5) is 0 Å². The van der Waals surface area contributed by atoms with Crippen molar-refractivity contribution in [3.63, 3.8) is 0 Å². The van der Waals surface area contributed by atoms with Gasteiger partial charge in [0.1, 0.15) is 5.75 Å². The number of rotatable bonds is 6. The van der Waals surface area contributed by atoms with Gasteiger partial charge in [-0.2, -0.15) is 0 Å². The summed E-state index contributed by atoms with van der Waals surface area (Å²) in [6, 6.07) is 11.1. The molecule has 0 aliphatic rings. The Morgan fingerprint density at radius 1 is 0.923 bits per heavy atom. The number of carbonyl (C=O) groups is 2. The second kappa shape index (κ2) is 8.09. The van der Waals surface area contributed by atoms with Crippen LogP contribution in [0.1, 0.15) is 20.7 Å². The van der Waals surface area contributed by atoms with Gasteiger partial charge in [0.25, 0.3) is 10.0 Å². The van der Waals surface area contributed by atoms with Gasteiger partial charge in [0, 0.05) is 7.05 Å². The molecule has 0 unspecified atom stereocenters. The van der Waals surface area contributed by atoms with Gasteiger partial charge in [-0.15, -0.1) is 0 Å². The number of hydrogen-bond acceptors (Lipinski definition) is 7. The van der Waals surface area contributed by atoms with Crippen LogP contribution in [0, 0.1) is 0 Å². The Hall–Kier alpha value is -2.75. The van der Waals surface area contributed by atoms with E-state index in [1.54, 1.807) is 0 Å². The zero-order chi connectivity index (χ0) is 19.3. The van der Waals surface area contributed by atoms with Crippen LogP contribution in [0.3, 0.4) is 0 Å². The number of esters is 2. The maximum absolute atomic E-state index is 12.3. The average molecular weight is 379 g/mol. The summed E-state index contributed by atoms with van der Waals surface area (Å²) in [6.45, 7) is 0. The molecule has 0 amide bonds. The third kappa shape index (κ3) is 4.26. The lowest BCUT2D eigenvalue weighted by Gasteiger charge is -2.14. The van der Waals surface area contributed by atoms with Crippen molar-refractivity contribution in [2.45, 2.75) is 4.90 Å². The van der Waals surface area contributed by atoms with Gasteiger partial charge in [0.2, 0.25) is 0 Å². The van der Waals surface area contributed by atoms with Crippen molar-refractivity contribution in [2.75, 3.05) is 21.3 Å². The number of benzene rings is 2. The first-order chi connectivity index (χ1) is 12.3. The molecule has 8 nitrogen and oxygen atoms in total. The quantitative estimate of drug-likeness (QED) is 0.429. The summed E-state index contributed by atoms with van der Waals surface area (Å²) >= 11 is 0. The topological polar surface area (TPSA) is 99.2 Å². The van der Waals surface area contributed by atoms with Crippen LogP contribution in [-0.4, -0.2) is 46.1 Å². The zero-order valence-electron chi connectivity index (χ0n) is 14.3. The fraction of sp³-hybridized carbons (Fsp3) is 0.176. The Kier molecular flexibility index (Phi) is 6.09. The number of hydrogen-bond donors (Lipinski definition) is 0. The SMILES string of the molecule is COC(=O)c1ccc(OC(=O)c2cccc(S(=O)(=O)N(C)OC)c2)cc1. The molecule has 0 fully saturated rings. The van der Waals surface area contributed by atoms with Gasteiger partial charge in [-0.3, -0.25) is 4.84 Å². The molecular formula is C17H17NO7S. The highest BCUT2D eigenvalue weighted by molar-refractivity contribution is 7.89. The molecular weight excluding hydrogens is 362 g/mol. The van der Waals surface area contributed by atoms with Crippen molar-refractivity contribution < 1.29 is 32.3 Å². The number of nitrogens with zero attached hydrogens (tertiary/aromatic N) is 1. The van der Waals surface area contributed by atoms with Crippen molar-refractivity contribution >= 4 is 22.0 Å². The maximum atomic E-state index is 12.3. The predicted octanol–water partition coefficient (Wildman–Crippen LogP) is 1.87. The molecule has 2 aromatic rings. The molecule has 0 aliphatic carbocycles. The van der Waals surface area contributed by atoms with E-state index in [2.05, 4.69) is 4.74 Å². The van der Waals surface area contributed by atoms with Crippen molar-refractivity contribution in [1.82, 2.24) is 4.47 Å². The van der Waals surface area contributed by atoms with E-state index in [9.17, 15) is 18.0 Å². The molecule has 0 aromatic heterocycles. The summed E-state index contributed by atoms with van der Waals surface area (Å²) in [5.41, 5.74) is 0.357. The Labute approximate surface area is 150 Å². The van der Waals surface area contributed by atoms with Crippen LogP contribution in [0.25, 0.3) is 0 Å². The molecule has 138 valence electrons. The summed E-state index contributed by atoms with van der Waals surface area (Å²) < 4.78 is 34.9. The van der Waals surface area contributed by atoms with E-state index >= 15 is 0 Å². The van der Waals surface area contributed by atoms with Crippen LogP contribution in [0.2, 0.25) is 0 Å². The predicted molar refractivity (Wildman–Crippen MR) is 91.1 cm³/mol. The number of carbonyl (C=O) groups excluding carboxylic acids is 2. The molecule has 26 heavy (non-hydrogen) atoms. The maximum Gasteiger partial charge on any atom is 0.343 e. The Morgan fingerprint density at radius 2 is 1.58 bits per heavy atom. The molecule has 0 aliphatic heterocycles. The number of ether oxygens (including phenoxy) is 2. The molecule has 0 heterocycles. The third-order valence-corrected chi connectivity index (χ3v) is 5.12. The van der Waals surface area contributed by atoms with Gasteiger partial charge < -0.3 is 9.47 Å². The molecule has 0 spiro atoms. The Bertz CT molecular complexity index is 907. The lowest BCUT2D eigenvalue weighted by atomic mass is 10.2. The highest BCUT2D eigenvalue weighted by Gasteiger charge is 2.22. The molecule has 0 saturated carbocycles. The first-order valence-electron chi connectivity index (χ1n) is 7.33. The highest BCUT2D eigenvalue weighted by atomic mass is 32.2. The summed E-state index contributed by atoms with van der Waals surface area (Å²) in [4.78, 5) is 28.2. The first kappa shape index (κ1) is 19.6. The van der Waals surface area contributed by atoms with Crippen LogP contribution >= 0.6 is 0 Å². The minimum atomic E-state index is -3.88. The monoisotopic (exact) mass is 379 g/mol. The summed E-state index contributed by atoms with van der Waals surface area (Å²) in [5.74, 6) is -1.05. The normalized spacial score (nSPS) is 11.2. The lowest BCUT2D eigenvalue weighted by molar-refractivity contribution is -0.0258. The summed E-state index contributed by atoms with van der Waals surface area (Å²) in [5, 5.41) is 0. The van der Waals surface area contributed by atoms with Crippen LogP contribution < -0.4 is 4.74 Å². The van der Waals surface area contributed by atoms with E-state index < -0.39 is 22.0 Å². The van der Waals surface area contributed by atoms with Gasteiger partial charge in [-0.1, -0.05) is 10.5 Å². The van der Waals surface area contributed by atoms with E-state index in [0.717, 1.165) is 0 Å². The fourth-order valence-electron chi connectivity index (χ4n) is 1.97. The van der Waals surface area contributed by atoms with E-state index in [4.69, 9.17) is 9.57 Å². The first-order valence-corrected chi connectivity index (χ1v) is 8.77. The van der Waals surface area contributed by atoms with Crippen molar-refractivity contribution in [1.29, 1.82) is 0 Å². The minimum absolute atomic E-state index is 0.0487.